The number of nitrogens with zero attached hydrogens (tertiary/aromatic N) is 3. The molecule has 0 bridgehead atoms. The highest BCUT2D eigenvalue weighted by Crippen LogP contribution is 2.53. The molecule has 1 aliphatic heterocycles. The number of nitrogen functional groups attached to an aromatic ring is 1. The number of hydrogen-bond acceptors (Lipinski definition) is 8. The van der Waals surface area contributed by atoms with Crippen LogP contribution in [-0.4, -0.2) is 42.0 Å². The van der Waals surface area contributed by atoms with Gasteiger partial charge in [0.25, 0.3) is 15.9 Å². The summed E-state index contributed by atoms with van der Waals surface area (Å²) in [5.41, 5.74) is 0.562. The van der Waals surface area contributed by atoms with Crippen LogP contribution in [-0.2, 0) is 19.6 Å². The molecule has 1 aliphatic carbocycles. The average molecular weight is 516 g/mol. The molecule has 14 heteroatoms. The molecule has 9 nitrogen and oxygen atoms in total. The van der Waals surface area contributed by atoms with Crippen LogP contribution in [0.3, 0.4) is 0 Å². The van der Waals surface area contributed by atoms with E-state index >= 15 is 0 Å². The number of benzene rings is 1. The number of alkyl halides is 3. The number of nitrogens with two attached hydrogens (primary N) is 1. The van der Waals surface area contributed by atoms with Crippen molar-refractivity contribution in [3.05, 3.63) is 41.1 Å². The van der Waals surface area contributed by atoms with Gasteiger partial charge in [-0.25, -0.2) is 8.42 Å². The maximum absolute atomic E-state index is 14.8. The number of carbonyl (C=O) groups is 2. The van der Waals surface area contributed by atoms with Crippen molar-refractivity contribution in [1.82, 2.24) is 14.9 Å². The minimum Gasteiger partial charge on any atom is -0.374 e. The zero-order chi connectivity index (χ0) is 25.3. The molecule has 0 radical (unpaired) electrons. The molecular formula is C20H20F3N5O4S2. The monoisotopic (exact) mass is 515 g/mol. The summed E-state index contributed by atoms with van der Waals surface area (Å²) in [6.45, 7) is 5.14. The van der Waals surface area contributed by atoms with Crippen molar-refractivity contribution < 1.29 is 31.2 Å². The number of allylic oxidation sites excluding steroid dienone is 1. The van der Waals surface area contributed by atoms with Crippen LogP contribution in [0.4, 0.5) is 24.0 Å². The molecule has 1 unspecified atom stereocenters. The molecule has 1 aromatic heterocycles. The fourth-order valence-electron chi connectivity index (χ4n) is 4.26. The molecule has 1 atom stereocenters. The van der Waals surface area contributed by atoms with Crippen LogP contribution in [0.2, 0.25) is 0 Å². The number of halogens is 3. The Hall–Kier alpha value is -2.84. The molecule has 1 amide bonds. The smallest absolute Gasteiger partial charge is 0.374 e. The number of sulfonamides is 1. The number of carbonyl (C=O) groups excluding carboxylic acids is 2. The Morgan fingerprint density at radius 3 is 2.26 bits per heavy atom. The number of ketones is 1. The standard InChI is InChI=1S/C20H20F3N5O4S2/c1-10-4-6-11(7-5-10)28-12-8-18(2,3)9-13(29)14(12)19(15(28)30,20(21,22)23)27-34(31,32)17-26-25-16(24)33-17/h4-7,27H,8-9H2,1-3H3,(H2,24,25). The van der Waals surface area contributed by atoms with Crippen molar-refractivity contribution in [2.45, 2.75) is 49.7 Å². The number of nitrogens with one attached hydrogen (secondary N) is 1. The Kier molecular flexibility index (Phi) is 5.42. The third kappa shape index (κ3) is 3.69. The van der Waals surface area contributed by atoms with Crippen molar-refractivity contribution in [2.75, 3.05) is 10.6 Å². The van der Waals surface area contributed by atoms with Crippen LogP contribution >= 0.6 is 11.3 Å². The molecule has 0 fully saturated rings. The van der Waals surface area contributed by atoms with Gasteiger partial charge in [0.1, 0.15) is 0 Å². The Labute approximate surface area is 196 Å². The number of aryl methyl sites for hydroxylation is 1. The van der Waals surface area contributed by atoms with Gasteiger partial charge in [-0.15, -0.1) is 10.2 Å². The SMILES string of the molecule is Cc1ccc(N2C(=O)C(NS(=O)(=O)c3nnc(N)s3)(C(F)(F)F)C3=C2CC(C)(C)CC3=O)cc1. The van der Waals surface area contributed by atoms with E-state index in [0.717, 1.165) is 10.5 Å². The molecule has 1 aromatic carbocycles. The number of aromatic nitrogens is 2. The summed E-state index contributed by atoms with van der Waals surface area (Å²) in [6, 6.07) is 6.08. The Morgan fingerprint density at radius 2 is 1.74 bits per heavy atom. The van der Waals surface area contributed by atoms with E-state index in [9.17, 15) is 31.2 Å². The molecular weight excluding hydrogens is 495 g/mol. The third-order valence-corrected chi connectivity index (χ3v) is 8.25. The summed E-state index contributed by atoms with van der Waals surface area (Å²) in [4.78, 5) is 27.6. The number of hydrogen-bond donors (Lipinski definition) is 2. The highest BCUT2D eigenvalue weighted by atomic mass is 32.2. The maximum Gasteiger partial charge on any atom is 0.421 e. The lowest BCUT2D eigenvalue weighted by molar-refractivity contribution is -0.184. The molecule has 0 spiro atoms. The first-order chi connectivity index (χ1) is 15.6. The summed E-state index contributed by atoms with van der Waals surface area (Å²) in [5.74, 6) is -2.60. The molecule has 2 aliphatic rings. The average Bonchev–Trinajstić information content (AvgIpc) is 3.22. The number of rotatable bonds is 4. The van der Waals surface area contributed by atoms with Crippen molar-refractivity contribution in [2.24, 2.45) is 5.41 Å². The predicted molar refractivity (Wildman–Crippen MR) is 117 cm³/mol. The van der Waals surface area contributed by atoms with Crippen LogP contribution in [0.25, 0.3) is 0 Å². The van der Waals surface area contributed by atoms with Gasteiger partial charge in [0.2, 0.25) is 15.0 Å². The first-order valence-corrected chi connectivity index (χ1v) is 12.3. The molecule has 2 heterocycles. The van der Waals surface area contributed by atoms with Gasteiger partial charge in [-0.2, -0.15) is 17.9 Å². The van der Waals surface area contributed by atoms with Crippen LogP contribution in [0, 0.1) is 12.3 Å². The van der Waals surface area contributed by atoms with Crippen molar-refractivity contribution in [3.8, 4) is 0 Å². The highest BCUT2D eigenvalue weighted by molar-refractivity contribution is 7.91. The van der Waals surface area contributed by atoms with E-state index in [0.29, 0.717) is 11.3 Å². The van der Waals surface area contributed by atoms with Crippen molar-refractivity contribution in [3.63, 3.8) is 0 Å². The van der Waals surface area contributed by atoms with E-state index in [4.69, 9.17) is 5.73 Å². The Balaban J connectivity index is 1.99. The van der Waals surface area contributed by atoms with Gasteiger partial charge in [0, 0.05) is 17.8 Å². The molecule has 3 N–H and O–H groups in total. The lowest BCUT2D eigenvalue weighted by Crippen LogP contribution is -2.66. The Bertz CT molecular complexity index is 1330. The van der Waals surface area contributed by atoms with E-state index in [-0.39, 0.29) is 29.4 Å². The second-order valence-corrected chi connectivity index (χ2v) is 11.9. The van der Waals surface area contributed by atoms with Crippen molar-refractivity contribution in [1.29, 1.82) is 0 Å². The summed E-state index contributed by atoms with van der Waals surface area (Å²) in [6.07, 6.45) is -5.85. The van der Waals surface area contributed by atoms with Crippen molar-refractivity contribution >= 4 is 43.9 Å². The quantitative estimate of drug-likeness (QED) is 0.639. The fourth-order valence-corrected chi connectivity index (χ4v) is 6.36. The van der Waals surface area contributed by atoms with Crippen LogP contribution < -0.4 is 15.4 Å². The first kappa shape index (κ1) is 24.3. The number of anilines is 2. The normalized spacial score (nSPS) is 22.9. The minimum absolute atomic E-state index is 0.0565. The lowest BCUT2D eigenvalue weighted by Gasteiger charge is -2.35. The lowest BCUT2D eigenvalue weighted by atomic mass is 9.72. The van der Waals surface area contributed by atoms with E-state index < -0.39 is 48.8 Å². The number of amides is 1. The van der Waals surface area contributed by atoms with Gasteiger partial charge in [-0.3, -0.25) is 14.5 Å². The molecule has 4 rings (SSSR count). The summed E-state index contributed by atoms with van der Waals surface area (Å²) < 4.78 is 70.9. The van der Waals surface area contributed by atoms with E-state index in [1.54, 1.807) is 32.9 Å². The minimum atomic E-state index is -5.50. The summed E-state index contributed by atoms with van der Waals surface area (Å²) >= 11 is 0.329. The molecule has 34 heavy (non-hydrogen) atoms. The van der Waals surface area contributed by atoms with Crippen LogP contribution in [0.15, 0.2) is 39.9 Å². The highest BCUT2D eigenvalue weighted by Gasteiger charge is 2.72. The first-order valence-electron chi connectivity index (χ1n) is 9.97. The van der Waals surface area contributed by atoms with Gasteiger partial charge < -0.3 is 5.73 Å². The molecule has 0 saturated carbocycles. The zero-order valence-electron chi connectivity index (χ0n) is 18.2. The second-order valence-electron chi connectivity index (χ2n) is 9.00. The fraction of sp³-hybridized carbons (Fsp3) is 0.400. The molecule has 182 valence electrons. The van der Waals surface area contributed by atoms with E-state index in [1.807, 2.05) is 0 Å². The zero-order valence-corrected chi connectivity index (χ0v) is 19.9. The van der Waals surface area contributed by atoms with E-state index in [1.165, 1.54) is 16.9 Å². The second kappa shape index (κ2) is 7.58. The van der Waals surface area contributed by atoms with Crippen LogP contribution in [0.5, 0.6) is 0 Å². The van der Waals surface area contributed by atoms with Crippen LogP contribution in [0.1, 0.15) is 32.3 Å². The largest absolute Gasteiger partial charge is 0.421 e. The van der Waals surface area contributed by atoms with Gasteiger partial charge >= 0.3 is 6.18 Å². The molecule has 0 saturated heterocycles. The summed E-state index contributed by atoms with van der Waals surface area (Å²) in [7, 11) is -5.05. The topological polar surface area (TPSA) is 135 Å². The van der Waals surface area contributed by atoms with Gasteiger partial charge in [0.05, 0.1) is 5.57 Å². The van der Waals surface area contributed by atoms with E-state index in [2.05, 4.69) is 10.2 Å². The van der Waals surface area contributed by atoms with Gasteiger partial charge in [0.15, 0.2) is 5.78 Å². The number of Topliss-reactive ketones (excluding diaryl/α,β-unsaturated/α-hetero) is 1. The van der Waals surface area contributed by atoms with Gasteiger partial charge in [-0.1, -0.05) is 42.9 Å². The summed E-state index contributed by atoms with van der Waals surface area (Å²) in [5, 5.41) is 6.32. The Morgan fingerprint density at radius 1 is 1.12 bits per heavy atom. The predicted octanol–water partition coefficient (Wildman–Crippen LogP) is 2.70. The molecule has 2 aromatic rings. The van der Waals surface area contributed by atoms with Gasteiger partial charge in [-0.05, 0) is 30.9 Å². The third-order valence-electron chi connectivity index (χ3n) is 5.68. The maximum atomic E-state index is 14.8.